The SMILES string of the molecule is [B]C1c2ccccc2Nc2ccccc21. The molecule has 2 heteroatoms. The van der Waals surface area contributed by atoms with Crippen LogP contribution in [0.5, 0.6) is 0 Å². The molecule has 0 saturated carbocycles. The third-order valence-electron chi connectivity index (χ3n) is 2.86. The van der Waals surface area contributed by atoms with Crippen molar-refractivity contribution in [2.45, 2.75) is 5.82 Å². The third kappa shape index (κ3) is 1.25. The summed E-state index contributed by atoms with van der Waals surface area (Å²) in [5.74, 6) is -0.0151. The van der Waals surface area contributed by atoms with Crippen molar-refractivity contribution < 1.29 is 0 Å². The van der Waals surface area contributed by atoms with Gasteiger partial charge in [0, 0.05) is 11.4 Å². The predicted octanol–water partition coefficient (Wildman–Crippen LogP) is 3.00. The Balaban J connectivity index is 2.20. The second-order valence-electron chi connectivity index (χ2n) is 3.78. The van der Waals surface area contributed by atoms with E-state index in [1.807, 2.05) is 24.3 Å². The van der Waals surface area contributed by atoms with E-state index >= 15 is 0 Å². The van der Waals surface area contributed by atoms with Crippen LogP contribution < -0.4 is 5.32 Å². The van der Waals surface area contributed by atoms with Gasteiger partial charge in [0.2, 0.25) is 0 Å². The van der Waals surface area contributed by atoms with Crippen LogP contribution in [0.15, 0.2) is 48.5 Å². The van der Waals surface area contributed by atoms with E-state index in [1.54, 1.807) is 0 Å². The van der Waals surface area contributed by atoms with E-state index in [0.29, 0.717) is 0 Å². The second kappa shape index (κ2) is 3.16. The number of para-hydroxylation sites is 2. The highest BCUT2D eigenvalue weighted by Gasteiger charge is 2.19. The average Bonchev–Trinajstić information content (AvgIpc) is 2.30. The smallest absolute Gasteiger partial charge is 0.0830 e. The van der Waals surface area contributed by atoms with Crippen LogP contribution in [0, 0.1) is 0 Å². The lowest BCUT2D eigenvalue weighted by Gasteiger charge is -2.27. The van der Waals surface area contributed by atoms with Gasteiger partial charge < -0.3 is 5.32 Å². The fourth-order valence-corrected chi connectivity index (χ4v) is 2.08. The van der Waals surface area contributed by atoms with E-state index in [2.05, 4.69) is 29.6 Å². The van der Waals surface area contributed by atoms with Crippen molar-refractivity contribution >= 4 is 19.2 Å². The monoisotopic (exact) mass is 191 g/mol. The molecular formula is C13H10BN. The molecule has 2 aromatic carbocycles. The van der Waals surface area contributed by atoms with Crippen molar-refractivity contribution in [3.63, 3.8) is 0 Å². The minimum atomic E-state index is -0.0151. The number of hydrogen-bond acceptors (Lipinski definition) is 1. The van der Waals surface area contributed by atoms with Gasteiger partial charge >= 0.3 is 0 Å². The summed E-state index contributed by atoms with van der Waals surface area (Å²) in [5, 5.41) is 3.39. The van der Waals surface area contributed by atoms with Crippen LogP contribution in [0.3, 0.4) is 0 Å². The Bertz CT molecular complexity index is 462. The molecule has 0 amide bonds. The summed E-state index contributed by atoms with van der Waals surface area (Å²) < 4.78 is 0. The Labute approximate surface area is 90.5 Å². The lowest BCUT2D eigenvalue weighted by molar-refractivity contribution is 1.11. The first kappa shape index (κ1) is 8.60. The van der Waals surface area contributed by atoms with Crippen molar-refractivity contribution in [3.8, 4) is 0 Å². The number of benzene rings is 2. The van der Waals surface area contributed by atoms with Gasteiger partial charge in [-0.05, 0) is 29.1 Å². The maximum absolute atomic E-state index is 6.22. The van der Waals surface area contributed by atoms with Gasteiger partial charge in [-0.25, -0.2) is 0 Å². The summed E-state index contributed by atoms with van der Waals surface area (Å²) in [6.45, 7) is 0. The molecule has 0 unspecified atom stereocenters. The van der Waals surface area contributed by atoms with Crippen LogP contribution in [0.4, 0.5) is 11.4 Å². The lowest BCUT2D eigenvalue weighted by Crippen LogP contribution is -2.12. The van der Waals surface area contributed by atoms with Crippen molar-refractivity contribution in [1.82, 2.24) is 0 Å². The lowest BCUT2D eigenvalue weighted by atomic mass is 9.73. The van der Waals surface area contributed by atoms with Gasteiger partial charge in [-0.2, -0.15) is 0 Å². The van der Waals surface area contributed by atoms with E-state index in [-0.39, 0.29) is 5.82 Å². The Hall–Kier alpha value is -1.70. The average molecular weight is 191 g/mol. The van der Waals surface area contributed by atoms with Gasteiger partial charge in [-0.1, -0.05) is 36.4 Å². The molecule has 70 valence electrons. The fraction of sp³-hybridized carbons (Fsp3) is 0.0769. The largest absolute Gasteiger partial charge is 0.355 e. The van der Waals surface area contributed by atoms with Crippen LogP contribution >= 0.6 is 0 Å². The van der Waals surface area contributed by atoms with E-state index in [0.717, 1.165) is 22.5 Å². The van der Waals surface area contributed by atoms with Gasteiger partial charge in [-0.15, -0.1) is 0 Å². The number of hydrogen-bond donors (Lipinski definition) is 1. The fourth-order valence-electron chi connectivity index (χ4n) is 2.08. The van der Waals surface area contributed by atoms with Crippen molar-refractivity contribution in [1.29, 1.82) is 0 Å². The first-order chi connectivity index (χ1) is 7.36. The Morgan fingerprint density at radius 2 is 1.27 bits per heavy atom. The summed E-state index contributed by atoms with van der Waals surface area (Å²) >= 11 is 0. The summed E-state index contributed by atoms with van der Waals surface area (Å²) in [6.07, 6.45) is 0. The van der Waals surface area contributed by atoms with Crippen LogP contribution in [0.1, 0.15) is 16.9 Å². The highest BCUT2D eigenvalue weighted by atomic mass is 14.9. The summed E-state index contributed by atoms with van der Waals surface area (Å²) in [5.41, 5.74) is 4.56. The van der Waals surface area contributed by atoms with Gasteiger partial charge in [0.1, 0.15) is 0 Å². The molecule has 1 aliphatic heterocycles. The van der Waals surface area contributed by atoms with E-state index in [1.165, 1.54) is 0 Å². The Morgan fingerprint density at radius 3 is 1.80 bits per heavy atom. The standard InChI is InChI=1S/C13H10BN/c14-13-9-5-1-3-7-11(9)15-12-8-4-2-6-10(12)13/h1-8,13,15H. The molecule has 0 atom stereocenters. The molecule has 1 nitrogen and oxygen atoms in total. The molecule has 0 fully saturated rings. The Morgan fingerprint density at radius 1 is 0.800 bits per heavy atom. The van der Waals surface area contributed by atoms with Crippen LogP contribution in [0.2, 0.25) is 0 Å². The molecule has 0 bridgehead atoms. The summed E-state index contributed by atoms with van der Waals surface area (Å²) in [6, 6.07) is 16.4. The molecule has 2 aromatic rings. The minimum absolute atomic E-state index is 0.0151. The molecule has 1 N–H and O–H groups in total. The van der Waals surface area contributed by atoms with Gasteiger partial charge in [-0.3, -0.25) is 0 Å². The van der Waals surface area contributed by atoms with Crippen LogP contribution in [-0.2, 0) is 0 Å². The molecule has 1 aliphatic rings. The highest BCUT2D eigenvalue weighted by Crippen LogP contribution is 2.38. The number of rotatable bonds is 0. The minimum Gasteiger partial charge on any atom is -0.355 e. The van der Waals surface area contributed by atoms with E-state index in [4.69, 9.17) is 7.85 Å². The zero-order chi connectivity index (χ0) is 10.3. The topological polar surface area (TPSA) is 12.0 Å². The quantitative estimate of drug-likeness (QED) is 0.631. The van der Waals surface area contributed by atoms with Gasteiger partial charge in [0.15, 0.2) is 0 Å². The first-order valence-corrected chi connectivity index (χ1v) is 5.07. The molecule has 0 aliphatic carbocycles. The maximum atomic E-state index is 6.22. The van der Waals surface area contributed by atoms with E-state index < -0.39 is 0 Å². The molecule has 0 spiro atoms. The van der Waals surface area contributed by atoms with Crippen molar-refractivity contribution in [2.75, 3.05) is 5.32 Å². The summed E-state index contributed by atoms with van der Waals surface area (Å²) in [4.78, 5) is 0. The highest BCUT2D eigenvalue weighted by molar-refractivity contribution is 6.16. The van der Waals surface area contributed by atoms with Crippen molar-refractivity contribution in [2.24, 2.45) is 0 Å². The van der Waals surface area contributed by atoms with Crippen LogP contribution in [0.25, 0.3) is 0 Å². The molecular weight excluding hydrogens is 181 g/mol. The third-order valence-corrected chi connectivity index (χ3v) is 2.86. The predicted molar refractivity (Wildman–Crippen MR) is 63.8 cm³/mol. The molecule has 2 radical (unpaired) electrons. The number of fused-ring (bicyclic) bond motifs is 2. The number of anilines is 2. The molecule has 3 rings (SSSR count). The number of nitrogens with one attached hydrogen (secondary N) is 1. The normalized spacial score (nSPS) is 13.9. The zero-order valence-corrected chi connectivity index (χ0v) is 8.27. The van der Waals surface area contributed by atoms with Gasteiger partial charge in [0.05, 0.1) is 7.85 Å². The van der Waals surface area contributed by atoms with E-state index in [9.17, 15) is 0 Å². The maximum Gasteiger partial charge on any atom is 0.0830 e. The van der Waals surface area contributed by atoms with Crippen molar-refractivity contribution in [3.05, 3.63) is 59.7 Å². The first-order valence-electron chi connectivity index (χ1n) is 5.07. The molecule has 0 saturated heterocycles. The van der Waals surface area contributed by atoms with Crippen LogP contribution in [-0.4, -0.2) is 7.85 Å². The zero-order valence-electron chi connectivity index (χ0n) is 8.27. The molecule has 0 aromatic heterocycles. The second-order valence-corrected chi connectivity index (χ2v) is 3.78. The summed E-state index contributed by atoms with van der Waals surface area (Å²) in [7, 11) is 6.22. The Kier molecular flexibility index (Phi) is 1.81. The molecule has 15 heavy (non-hydrogen) atoms. The van der Waals surface area contributed by atoms with Gasteiger partial charge in [0.25, 0.3) is 0 Å². The molecule has 1 heterocycles.